The largest absolute Gasteiger partial charge is 0.493 e. The number of hydrogen-bond acceptors (Lipinski definition) is 6. The Labute approximate surface area is 229 Å². The molecule has 4 aliphatic rings. The highest BCUT2D eigenvalue weighted by molar-refractivity contribution is 6.03. The molecule has 1 fully saturated rings. The van der Waals surface area contributed by atoms with E-state index in [2.05, 4.69) is 33.8 Å². The van der Waals surface area contributed by atoms with Gasteiger partial charge in [0.05, 0.1) is 30.4 Å². The smallest absolute Gasteiger partial charge is 0.256 e. The number of anilines is 1. The van der Waals surface area contributed by atoms with Gasteiger partial charge in [0, 0.05) is 42.2 Å². The summed E-state index contributed by atoms with van der Waals surface area (Å²) in [5.41, 5.74) is 4.14. The molecule has 3 heterocycles. The average molecular weight is 527 g/mol. The Morgan fingerprint density at radius 3 is 3.00 bits per heavy atom. The topological polar surface area (TPSA) is 92.3 Å². The normalized spacial score (nSPS) is 22.4. The second-order valence-corrected chi connectivity index (χ2v) is 9.85. The number of allylic oxidation sites excluding steroid dienone is 2. The second kappa shape index (κ2) is 11.2. The number of para-hydroxylation sites is 1. The minimum Gasteiger partial charge on any atom is -0.493 e. The predicted octanol–water partition coefficient (Wildman–Crippen LogP) is 4.81. The van der Waals surface area contributed by atoms with Crippen LogP contribution in [0, 0.1) is 5.92 Å². The molecule has 2 unspecified atom stereocenters. The number of amides is 2. The molecule has 0 radical (unpaired) electrons. The van der Waals surface area contributed by atoms with E-state index in [-0.39, 0.29) is 43.8 Å². The number of aliphatic imine (C=N–C) groups is 1. The monoisotopic (exact) mass is 526 g/mol. The molecule has 8 heteroatoms. The van der Waals surface area contributed by atoms with Crippen molar-refractivity contribution in [2.24, 2.45) is 10.9 Å². The van der Waals surface area contributed by atoms with Gasteiger partial charge in [-0.05, 0) is 43.0 Å². The summed E-state index contributed by atoms with van der Waals surface area (Å²) >= 11 is 0. The Bertz CT molecular complexity index is 1390. The zero-order valence-electron chi connectivity index (χ0n) is 21.2. The third-order valence-corrected chi connectivity index (χ3v) is 7.57. The maximum Gasteiger partial charge on any atom is 0.256 e. The van der Waals surface area contributed by atoms with Crippen LogP contribution in [0.3, 0.4) is 0 Å². The second-order valence-electron chi connectivity index (χ2n) is 9.85. The summed E-state index contributed by atoms with van der Waals surface area (Å²) in [6.45, 7) is 0.947. The van der Waals surface area contributed by atoms with Gasteiger partial charge in [-0.2, -0.15) is 0 Å². The molecule has 202 valence electrons. The number of carbonyl (C=O) groups excluding carboxylic acids is 2. The molecule has 2 aromatic rings. The molecule has 0 bridgehead atoms. The lowest BCUT2D eigenvalue weighted by molar-refractivity contribution is -0.116. The first-order valence-electron chi connectivity index (χ1n) is 13.0. The highest BCUT2D eigenvalue weighted by Gasteiger charge is 2.34. The lowest BCUT2D eigenvalue weighted by atomic mass is 9.80. The van der Waals surface area contributed by atoms with Gasteiger partial charge >= 0.3 is 0 Å². The number of methoxy groups -OCH3 is 1. The summed E-state index contributed by atoms with van der Waals surface area (Å²) in [6.07, 6.45) is 14.0. The zero-order chi connectivity index (χ0) is 26.1. The Morgan fingerprint density at radius 1 is 1.26 bits per heavy atom. The number of ether oxygens (including phenoxy) is 2. The van der Waals surface area contributed by atoms with E-state index in [1.165, 1.54) is 5.56 Å². The van der Waals surface area contributed by atoms with Crippen molar-refractivity contribution in [2.45, 2.75) is 38.8 Å². The maximum atomic E-state index is 13.0. The van der Waals surface area contributed by atoms with Crippen molar-refractivity contribution in [3.63, 3.8) is 0 Å². The van der Waals surface area contributed by atoms with Crippen molar-refractivity contribution in [1.29, 1.82) is 0 Å². The summed E-state index contributed by atoms with van der Waals surface area (Å²) in [7, 11) is 1.55. The fraction of sp³-hybridized carbons (Fsp3) is 0.323. The van der Waals surface area contributed by atoms with Crippen LogP contribution in [0.15, 0.2) is 77.5 Å². The van der Waals surface area contributed by atoms with E-state index in [1.807, 2.05) is 35.4 Å². The predicted molar refractivity (Wildman–Crippen MR) is 153 cm³/mol. The van der Waals surface area contributed by atoms with E-state index in [9.17, 15) is 9.59 Å². The number of fused-ring (bicyclic) bond motifs is 4. The van der Waals surface area contributed by atoms with Crippen LogP contribution in [-0.2, 0) is 11.2 Å². The zero-order valence-corrected chi connectivity index (χ0v) is 21.2. The first kappa shape index (κ1) is 26.3. The number of nitrogens with one attached hydrogen (secondary N) is 2. The quantitative estimate of drug-likeness (QED) is 0.564. The third-order valence-electron chi connectivity index (χ3n) is 7.57. The van der Waals surface area contributed by atoms with Crippen LogP contribution in [0.5, 0.6) is 11.5 Å². The molecule has 2 N–H and O–H groups in total. The van der Waals surface area contributed by atoms with Crippen molar-refractivity contribution >= 4 is 29.4 Å². The molecule has 1 saturated heterocycles. The SMILES string of the molecule is C.COc1cc2c(cc1OC/C=C\NC(=O)C1=CC=CC3Cc4ccccc4NC13)N=C[C@@H]1CCCN1C2=O. The van der Waals surface area contributed by atoms with Crippen molar-refractivity contribution in [3.05, 3.63) is 83.6 Å². The number of hydrogen-bond donors (Lipinski definition) is 2. The van der Waals surface area contributed by atoms with Crippen LogP contribution >= 0.6 is 0 Å². The number of nitrogens with zero attached hydrogens (tertiary/aromatic N) is 2. The van der Waals surface area contributed by atoms with E-state index >= 15 is 0 Å². The summed E-state index contributed by atoms with van der Waals surface area (Å²) in [5.74, 6) is 1.01. The van der Waals surface area contributed by atoms with Gasteiger partial charge in [0.15, 0.2) is 11.5 Å². The van der Waals surface area contributed by atoms with Crippen LogP contribution in [0.25, 0.3) is 0 Å². The molecule has 0 spiro atoms. The van der Waals surface area contributed by atoms with Crippen molar-refractivity contribution in [2.75, 3.05) is 25.6 Å². The standard InChI is InChI=1S/C30H30N4O4.CH4/c1-37-26-16-23-25(32-18-21-9-5-13-34(21)30(23)36)17-27(26)38-14-6-12-31-29(35)22-10-4-8-20-15-19-7-2-3-11-24(19)33-28(20)22;/h2-4,6-8,10-12,16-18,20-21,28,33H,5,9,13-15H2,1H3,(H,31,35);1H4/b12-6-;/t20?,21-,28?;/m0./s1. The Balaban J connectivity index is 0.00000308. The molecular formula is C31H34N4O4. The molecule has 6 rings (SSSR count). The van der Waals surface area contributed by atoms with Crippen molar-refractivity contribution < 1.29 is 19.1 Å². The third kappa shape index (κ3) is 5.06. The molecule has 39 heavy (non-hydrogen) atoms. The Hall–Kier alpha value is -4.33. The minimum atomic E-state index is -0.150. The van der Waals surface area contributed by atoms with E-state index in [1.54, 1.807) is 31.5 Å². The lowest BCUT2D eigenvalue weighted by Gasteiger charge is -2.35. The van der Waals surface area contributed by atoms with Gasteiger partial charge in [0.2, 0.25) is 0 Å². The van der Waals surface area contributed by atoms with Gasteiger partial charge in [-0.15, -0.1) is 0 Å². The Morgan fingerprint density at radius 2 is 2.13 bits per heavy atom. The molecule has 8 nitrogen and oxygen atoms in total. The molecule has 0 saturated carbocycles. The minimum absolute atomic E-state index is 0. The van der Waals surface area contributed by atoms with Crippen LogP contribution in [0.2, 0.25) is 0 Å². The maximum absolute atomic E-state index is 13.0. The van der Waals surface area contributed by atoms with Crippen LogP contribution in [0.4, 0.5) is 11.4 Å². The van der Waals surface area contributed by atoms with Crippen LogP contribution < -0.4 is 20.1 Å². The van der Waals surface area contributed by atoms with E-state index < -0.39 is 0 Å². The van der Waals surface area contributed by atoms with Crippen molar-refractivity contribution in [1.82, 2.24) is 10.2 Å². The first-order chi connectivity index (χ1) is 18.6. The van der Waals surface area contributed by atoms with Gasteiger partial charge in [0.25, 0.3) is 11.8 Å². The fourth-order valence-corrected chi connectivity index (χ4v) is 5.62. The molecule has 2 aromatic carbocycles. The number of benzene rings is 2. The van der Waals surface area contributed by atoms with Crippen LogP contribution in [-0.4, -0.2) is 55.3 Å². The summed E-state index contributed by atoms with van der Waals surface area (Å²) in [4.78, 5) is 32.4. The molecule has 2 amide bonds. The first-order valence-corrected chi connectivity index (χ1v) is 13.0. The van der Waals surface area contributed by atoms with Crippen molar-refractivity contribution in [3.8, 4) is 11.5 Å². The highest BCUT2D eigenvalue weighted by Crippen LogP contribution is 2.38. The molecule has 3 aliphatic heterocycles. The van der Waals surface area contributed by atoms with Gasteiger partial charge in [-0.1, -0.05) is 43.9 Å². The van der Waals surface area contributed by atoms with Crippen LogP contribution in [0.1, 0.15) is 36.2 Å². The number of carbonyl (C=O) groups is 2. The molecule has 3 atom stereocenters. The summed E-state index contributed by atoms with van der Waals surface area (Å²) in [6, 6.07) is 11.6. The van der Waals surface area contributed by atoms with Gasteiger partial charge in [-0.25, -0.2) is 0 Å². The van der Waals surface area contributed by atoms with Gasteiger partial charge in [0.1, 0.15) is 6.61 Å². The number of rotatable bonds is 6. The van der Waals surface area contributed by atoms with E-state index in [4.69, 9.17) is 9.47 Å². The summed E-state index contributed by atoms with van der Waals surface area (Å²) < 4.78 is 11.4. The molecular weight excluding hydrogens is 492 g/mol. The van der Waals surface area contributed by atoms with E-state index in [0.29, 0.717) is 28.3 Å². The molecule has 1 aliphatic carbocycles. The molecule has 0 aromatic heterocycles. The van der Waals surface area contributed by atoms with Gasteiger partial charge < -0.3 is 25.0 Å². The average Bonchev–Trinajstić information content (AvgIpc) is 3.38. The fourth-order valence-electron chi connectivity index (χ4n) is 5.62. The highest BCUT2D eigenvalue weighted by atomic mass is 16.5. The van der Waals surface area contributed by atoms with E-state index in [0.717, 1.165) is 31.5 Å². The van der Waals surface area contributed by atoms with Gasteiger partial charge in [-0.3, -0.25) is 14.6 Å². The Kier molecular flexibility index (Phi) is 7.54. The lowest BCUT2D eigenvalue weighted by Crippen LogP contribution is -2.41. The summed E-state index contributed by atoms with van der Waals surface area (Å²) in [5, 5.41) is 6.39.